The van der Waals surface area contributed by atoms with E-state index in [0.29, 0.717) is 22.0 Å². The molecule has 0 saturated carbocycles. The van der Waals surface area contributed by atoms with Crippen LogP contribution in [0, 0.1) is 5.82 Å². The topological polar surface area (TPSA) is 81.4 Å². The Bertz CT molecular complexity index is 893. The number of thioether (sulfide) groups is 1. The van der Waals surface area contributed by atoms with Gasteiger partial charge in [0.15, 0.2) is 11.7 Å². The Kier molecular flexibility index (Phi) is 5.52. The van der Waals surface area contributed by atoms with E-state index in [4.69, 9.17) is 9.15 Å². The second-order valence-electron chi connectivity index (χ2n) is 5.36. The van der Waals surface area contributed by atoms with Gasteiger partial charge in [-0.05, 0) is 43.3 Å². The summed E-state index contributed by atoms with van der Waals surface area (Å²) in [5.74, 6) is -1.52. The van der Waals surface area contributed by atoms with Gasteiger partial charge in [0.05, 0.1) is 0 Å². The van der Waals surface area contributed by atoms with Gasteiger partial charge in [-0.25, -0.2) is 9.37 Å². The molecule has 6 nitrogen and oxygen atoms in total. The van der Waals surface area contributed by atoms with Crippen molar-refractivity contribution in [1.29, 1.82) is 0 Å². The predicted octanol–water partition coefficient (Wildman–Crippen LogP) is 3.63. The summed E-state index contributed by atoms with van der Waals surface area (Å²) in [4.78, 5) is 28.1. The van der Waals surface area contributed by atoms with Crippen molar-refractivity contribution in [2.45, 2.75) is 18.3 Å². The Balaban J connectivity index is 1.48. The van der Waals surface area contributed by atoms with Crippen LogP contribution in [0.15, 0.2) is 58.2 Å². The van der Waals surface area contributed by atoms with Gasteiger partial charge in [-0.2, -0.15) is 0 Å². The van der Waals surface area contributed by atoms with E-state index in [9.17, 15) is 14.0 Å². The highest BCUT2D eigenvalue weighted by atomic mass is 32.2. The fraction of sp³-hybridized carbons (Fsp3) is 0.167. The Hall–Kier alpha value is -2.87. The van der Waals surface area contributed by atoms with Crippen molar-refractivity contribution in [3.8, 4) is 0 Å². The van der Waals surface area contributed by atoms with E-state index >= 15 is 0 Å². The minimum atomic E-state index is -0.989. The summed E-state index contributed by atoms with van der Waals surface area (Å²) in [5, 5.41) is 2.90. The molecule has 134 valence electrons. The Morgan fingerprint density at radius 1 is 1.23 bits per heavy atom. The number of fused-ring (bicyclic) bond motifs is 1. The number of benzene rings is 2. The van der Waals surface area contributed by atoms with E-state index in [2.05, 4.69) is 10.3 Å². The molecule has 3 rings (SSSR count). The number of rotatable bonds is 6. The largest absolute Gasteiger partial charge is 0.452 e. The number of ether oxygens (including phenoxy) is 1. The highest BCUT2D eigenvalue weighted by molar-refractivity contribution is 7.99. The smallest absolute Gasteiger partial charge is 0.317 e. The maximum Gasteiger partial charge on any atom is 0.317 e. The number of oxazole rings is 1. The lowest BCUT2D eigenvalue weighted by atomic mass is 10.3. The van der Waals surface area contributed by atoms with Gasteiger partial charge in [0, 0.05) is 5.69 Å². The molecule has 8 heteroatoms. The van der Waals surface area contributed by atoms with Crippen molar-refractivity contribution in [3.05, 3.63) is 54.3 Å². The van der Waals surface area contributed by atoms with Crippen molar-refractivity contribution in [2.24, 2.45) is 0 Å². The van der Waals surface area contributed by atoms with E-state index in [1.165, 1.54) is 31.2 Å². The summed E-state index contributed by atoms with van der Waals surface area (Å²) in [6.45, 7) is 1.46. The van der Waals surface area contributed by atoms with Crippen LogP contribution in [0.4, 0.5) is 10.1 Å². The zero-order valence-electron chi connectivity index (χ0n) is 13.8. The molecule has 0 aliphatic carbocycles. The summed E-state index contributed by atoms with van der Waals surface area (Å²) in [6, 6.07) is 12.6. The van der Waals surface area contributed by atoms with Crippen molar-refractivity contribution < 1.29 is 23.1 Å². The number of para-hydroxylation sites is 2. The lowest BCUT2D eigenvalue weighted by Crippen LogP contribution is -2.30. The monoisotopic (exact) mass is 374 g/mol. The third-order valence-electron chi connectivity index (χ3n) is 3.38. The molecule has 0 saturated heterocycles. The summed E-state index contributed by atoms with van der Waals surface area (Å²) in [6.07, 6.45) is -0.989. The second kappa shape index (κ2) is 8.01. The number of hydrogen-bond donors (Lipinski definition) is 1. The maximum absolute atomic E-state index is 12.9. The molecule has 0 aliphatic heterocycles. The van der Waals surface area contributed by atoms with E-state index in [-0.39, 0.29) is 5.75 Å². The third kappa shape index (κ3) is 4.60. The zero-order valence-corrected chi connectivity index (χ0v) is 14.6. The van der Waals surface area contributed by atoms with Crippen molar-refractivity contribution in [3.63, 3.8) is 0 Å². The first-order valence-corrected chi connectivity index (χ1v) is 8.74. The average molecular weight is 374 g/mol. The molecule has 1 N–H and O–H groups in total. The molecule has 0 radical (unpaired) electrons. The van der Waals surface area contributed by atoms with Crippen LogP contribution < -0.4 is 5.32 Å². The van der Waals surface area contributed by atoms with Crippen LogP contribution in [0.5, 0.6) is 0 Å². The molecular weight excluding hydrogens is 359 g/mol. The molecule has 2 aromatic carbocycles. The molecule has 1 aromatic heterocycles. The lowest BCUT2D eigenvalue weighted by molar-refractivity contribution is -0.150. The number of amides is 1. The first-order chi connectivity index (χ1) is 12.5. The molecule has 1 atom stereocenters. The van der Waals surface area contributed by atoms with Gasteiger partial charge < -0.3 is 14.5 Å². The van der Waals surface area contributed by atoms with Crippen molar-refractivity contribution in [2.75, 3.05) is 11.1 Å². The van der Waals surface area contributed by atoms with Crippen LogP contribution in [0.25, 0.3) is 11.1 Å². The van der Waals surface area contributed by atoms with Gasteiger partial charge in [0.25, 0.3) is 11.1 Å². The Morgan fingerprint density at radius 2 is 1.96 bits per heavy atom. The van der Waals surface area contributed by atoms with Crippen LogP contribution in [0.2, 0.25) is 0 Å². The van der Waals surface area contributed by atoms with E-state index in [0.717, 1.165) is 11.8 Å². The van der Waals surface area contributed by atoms with Crippen LogP contribution in [-0.2, 0) is 14.3 Å². The average Bonchev–Trinajstić information content (AvgIpc) is 3.05. The molecule has 26 heavy (non-hydrogen) atoms. The van der Waals surface area contributed by atoms with Gasteiger partial charge >= 0.3 is 5.97 Å². The molecule has 0 aliphatic rings. The van der Waals surface area contributed by atoms with Crippen LogP contribution in [-0.4, -0.2) is 28.7 Å². The summed E-state index contributed by atoms with van der Waals surface area (Å²) in [5.41, 5.74) is 1.76. The number of anilines is 1. The molecule has 0 spiro atoms. The zero-order chi connectivity index (χ0) is 18.5. The number of carbonyl (C=O) groups is 2. The molecule has 3 aromatic rings. The molecular formula is C18H15FN2O4S. The second-order valence-corrected chi connectivity index (χ2v) is 6.29. The maximum atomic E-state index is 12.9. The normalized spacial score (nSPS) is 11.9. The first kappa shape index (κ1) is 17.9. The Labute approximate surface area is 152 Å². The van der Waals surface area contributed by atoms with E-state index in [1.807, 2.05) is 18.2 Å². The third-order valence-corrected chi connectivity index (χ3v) is 4.18. The van der Waals surface area contributed by atoms with E-state index in [1.54, 1.807) is 6.07 Å². The standard InChI is InChI=1S/C18H15FN2O4S/c1-11(17(23)20-13-8-6-12(19)7-9-13)24-16(22)10-26-18-21-14-4-2-3-5-15(14)25-18/h2-9,11H,10H2,1H3,(H,20,23)/t11-/m0/s1. The number of nitrogens with one attached hydrogen (secondary N) is 1. The number of carbonyl (C=O) groups excluding carboxylic acids is 2. The van der Waals surface area contributed by atoms with Gasteiger partial charge in [-0.15, -0.1) is 0 Å². The number of halogens is 1. The van der Waals surface area contributed by atoms with Crippen LogP contribution in [0.3, 0.4) is 0 Å². The van der Waals surface area contributed by atoms with Crippen LogP contribution in [0.1, 0.15) is 6.92 Å². The predicted molar refractivity (Wildman–Crippen MR) is 95.3 cm³/mol. The van der Waals surface area contributed by atoms with Crippen molar-refractivity contribution in [1.82, 2.24) is 4.98 Å². The minimum absolute atomic E-state index is 0.0407. The SMILES string of the molecule is C[C@H](OC(=O)CSc1nc2ccccc2o1)C(=O)Nc1ccc(F)cc1. The summed E-state index contributed by atoms with van der Waals surface area (Å²) in [7, 11) is 0. The molecule has 0 fully saturated rings. The molecule has 1 amide bonds. The molecule has 0 unspecified atom stereocenters. The fourth-order valence-corrected chi connectivity index (χ4v) is 2.72. The highest BCUT2D eigenvalue weighted by Crippen LogP contribution is 2.23. The van der Waals surface area contributed by atoms with E-state index < -0.39 is 23.8 Å². The lowest BCUT2D eigenvalue weighted by Gasteiger charge is -2.13. The number of esters is 1. The van der Waals surface area contributed by atoms with Crippen molar-refractivity contribution >= 4 is 40.4 Å². The number of nitrogens with zero attached hydrogens (tertiary/aromatic N) is 1. The van der Waals surface area contributed by atoms with Crippen LogP contribution >= 0.6 is 11.8 Å². The molecule has 0 bridgehead atoms. The first-order valence-electron chi connectivity index (χ1n) is 7.75. The fourth-order valence-electron chi connectivity index (χ4n) is 2.10. The number of aromatic nitrogens is 1. The minimum Gasteiger partial charge on any atom is -0.452 e. The highest BCUT2D eigenvalue weighted by Gasteiger charge is 2.19. The van der Waals surface area contributed by atoms with Gasteiger partial charge in [-0.1, -0.05) is 23.9 Å². The van der Waals surface area contributed by atoms with Gasteiger partial charge in [0.1, 0.15) is 17.1 Å². The summed E-state index contributed by atoms with van der Waals surface area (Å²) < 4.78 is 23.4. The number of hydrogen-bond acceptors (Lipinski definition) is 6. The summed E-state index contributed by atoms with van der Waals surface area (Å²) >= 11 is 1.09. The quantitative estimate of drug-likeness (QED) is 0.524. The Morgan fingerprint density at radius 3 is 2.69 bits per heavy atom. The van der Waals surface area contributed by atoms with Gasteiger partial charge in [-0.3, -0.25) is 9.59 Å². The van der Waals surface area contributed by atoms with Gasteiger partial charge in [0.2, 0.25) is 0 Å². The molecule has 1 heterocycles.